The smallest absolute Gasteiger partial charge is 0.219 e. The Morgan fingerprint density at radius 2 is 1.61 bits per heavy atom. The minimum Gasteiger partial charge on any atom is -0.340 e. The lowest BCUT2D eigenvalue weighted by atomic mass is 9.71. The Labute approximate surface area is 112 Å². The van der Waals surface area contributed by atoms with Gasteiger partial charge in [-0.15, -0.1) is 0 Å². The van der Waals surface area contributed by atoms with Crippen LogP contribution in [0, 0.1) is 5.92 Å². The highest BCUT2D eigenvalue weighted by Crippen LogP contribution is 2.41. The van der Waals surface area contributed by atoms with Crippen molar-refractivity contribution in [2.75, 3.05) is 7.05 Å². The molecule has 0 saturated heterocycles. The zero-order valence-electron chi connectivity index (χ0n) is 12.2. The molecule has 0 bridgehead atoms. The minimum atomic E-state index is 0.200. The van der Waals surface area contributed by atoms with Crippen LogP contribution in [-0.4, -0.2) is 23.4 Å². The van der Waals surface area contributed by atoms with Gasteiger partial charge in [0.15, 0.2) is 0 Å². The standard InChI is InChI=1S/C16H29NO/c1-14(18)17(2)16(11-7-4-8-12-16)13-15-9-5-3-6-10-15/h15H,3-13H2,1-2H3. The van der Waals surface area contributed by atoms with Crippen LogP contribution in [-0.2, 0) is 4.79 Å². The molecule has 2 heteroatoms. The van der Waals surface area contributed by atoms with Crippen molar-refractivity contribution in [2.45, 2.75) is 83.1 Å². The van der Waals surface area contributed by atoms with Crippen LogP contribution in [0.5, 0.6) is 0 Å². The van der Waals surface area contributed by atoms with Gasteiger partial charge in [-0.05, 0) is 25.2 Å². The zero-order valence-corrected chi connectivity index (χ0v) is 12.2. The molecule has 104 valence electrons. The van der Waals surface area contributed by atoms with Crippen LogP contribution in [0.3, 0.4) is 0 Å². The predicted octanol–water partition coefficient (Wildman–Crippen LogP) is 4.14. The Kier molecular flexibility index (Phi) is 4.69. The highest BCUT2D eigenvalue weighted by molar-refractivity contribution is 5.73. The second-order valence-electron chi connectivity index (χ2n) is 6.57. The molecule has 0 spiro atoms. The van der Waals surface area contributed by atoms with E-state index >= 15 is 0 Å². The maximum Gasteiger partial charge on any atom is 0.219 e. The van der Waals surface area contributed by atoms with Crippen LogP contribution in [0.1, 0.15) is 77.6 Å². The molecule has 2 saturated carbocycles. The zero-order chi connectivity index (χ0) is 13.0. The maximum atomic E-state index is 11.8. The first-order valence-corrected chi connectivity index (χ1v) is 7.88. The average Bonchev–Trinajstić information content (AvgIpc) is 2.40. The molecule has 2 nitrogen and oxygen atoms in total. The molecule has 0 unspecified atom stereocenters. The largest absolute Gasteiger partial charge is 0.340 e. The number of nitrogens with zero attached hydrogens (tertiary/aromatic N) is 1. The van der Waals surface area contributed by atoms with E-state index in [1.54, 1.807) is 6.92 Å². The Balaban J connectivity index is 2.05. The van der Waals surface area contributed by atoms with Crippen molar-refractivity contribution in [3.63, 3.8) is 0 Å². The van der Waals surface area contributed by atoms with Crippen molar-refractivity contribution in [2.24, 2.45) is 5.92 Å². The number of hydrogen-bond donors (Lipinski definition) is 0. The van der Waals surface area contributed by atoms with E-state index in [9.17, 15) is 4.79 Å². The van der Waals surface area contributed by atoms with Gasteiger partial charge in [0.1, 0.15) is 0 Å². The van der Waals surface area contributed by atoms with E-state index in [0.717, 1.165) is 5.92 Å². The third kappa shape index (κ3) is 3.07. The highest BCUT2D eigenvalue weighted by atomic mass is 16.2. The number of carbonyl (C=O) groups excluding carboxylic acids is 1. The van der Waals surface area contributed by atoms with Gasteiger partial charge in [0.25, 0.3) is 0 Å². The monoisotopic (exact) mass is 251 g/mol. The summed E-state index contributed by atoms with van der Waals surface area (Å²) >= 11 is 0. The summed E-state index contributed by atoms with van der Waals surface area (Å²) in [6.07, 6.45) is 14.7. The van der Waals surface area contributed by atoms with Crippen molar-refractivity contribution in [1.29, 1.82) is 0 Å². The van der Waals surface area contributed by atoms with E-state index < -0.39 is 0 Å². The minimum absolute atomic E-state index is 0.200. The van der Waals surface area contributed by atoms with E-state index in [1.165, 1.54) is 70.6 Å². The van der Waals surface area contributed by atoms with Crippen molar-refractivity contribution < 1.29 is 4.79 Å². The summed E-state index contributed by atoms with van der Waals surface area (Å²) in [6, 6.07) is 0. The van der Waals surface area contributed by atoms with Crippen molar-refractivity contribution in [3.8, 4) is 0 Å². The number of carbonyl (C=O) groups is 1. The third-order valence-electron chi connectivity index (χ3n) is 5.36. The Morgan fingerprint density at radius 1 is 1.06 bits per heavy atom. The second kappa shape index (κ2) is 6.08. The molecule has 2 fully saturated rings. The SMILES string of the molecule is CC(=O)N(C)C1(CC2CCCCC2)CCCCC1. The summed E-state index contributed by atoms with van der Waals surface area (Å²) < 4.78 is 0. The summed E-state index contributed by atoms with van der Waals surface area (Å²) in [4.78, 5) is 13.9. The van der Waals surface area contributed by atoms with Gasteiger partial charge in [-0.2, -0.15) is 0 Å². The lowest BCUT2D eigenvalue weighted by Crippen LogP contribution is -2.51. The molecule has 0 aromatic heterocycles. The normalized spacial score (nSPS) is 24.8. The number of rotatable bonds is 3. The summed E-state index contributed by atoms with van der Waals surface area (Å²) in [5, 5.41) is 0. The quantitative estimate of drug-likeness (QED) is 0.738. The van der Waals surface area contributed by atoms with Gasteiger partial charge in [-0.3, -0.25) is 4.79 Å². The van der Waals surface area contributed by atoms with Crippen LogP contribution in [0.25, 0.3) is 0 Å². The molecule has 0 aromatic carbocycles. The first-order valence-electron chi connectivity index (χ1n) is 7.88. The number of hydrogen-bond acceptors (Lipinski definition) is 1. The van der Waals surface area contributed by atoms with Gasteiger partial charge in [-0.1, -0.05) is 51.4 Å². The van der Waals surface area contributed by atoms with Crippen molar-refractivity contribution in [3.05, 3.63) is 0 Å². The predicted molar refractivity (Wildman–Crippen MR) is 75.5 cm³/mol. The fraction of sp³-hybridized carbons (Fsp3) is 0.938. The Morgan fingerprint density at radius 3 is 2.17 bits per heavy atom. The molecule has 0 N–H and O–H groups in total. The van der Waals surface area contributed by atoms with Gasteiger partial charge >= 0.3 is 0 Å². The van der Waals surface area contributed by atoms with E-state index in [4.69, 9.17) is 0 Å². The van der Waals surface area contributed by atoms with Crippen LogP contribution in [0.15, 0.2) is 0 Å². The summed E-state index contributed by atoms with van der Waals surface area (Å²) in [6.45, 7) is 1.73. The second-order valence-corrected chi connectivity index (χ2v) is 6.57. The lowest BCUT2D eigenvalue weighted by Gasteiger charge is -2.47. The molecule has 0 aromatic rings. The summed E-state index contributed by atoms with van der Waals surface area (Å²) in [7, 11) is 2.04. The topological polar surface area (TPSA) is 20.3 Å². The van der Waals surface area contributed by atoms with E-state index in [2.05, 4.69) is 4.90 Å². The molecule has 18 heavy (non-hydrogen) atoms. The molecule has 0 heterocycles. The van der Waals surface area contributed by atoms with Crippen LogP contribution in [0.4, 0.5) is 0 Å². The lowest BCUT2D eigenvalue weighted by molar-refractivity contribution is -0.135. The van der Waals surface area contributed by atoms with E-state index in [-0.39, 0.29) is 11.4 Å². The molecule has 0 aliphatic heterocycles. The Hall–Kier alpha value is -0.530. The molecule has 2 aliphatic rings. The molecule has 2 rings (SSSR count). The molecule has 1 amide bonds. The maximum absolute atomic E-state index is 11.8. The summed E-state index contributed by atoms with van der Waals surface area (Å²) in [5.74, 6) is 1.13. The van der Waals surface area contributed by atoms with Crippen LogP contribution >= 0.6 is 0 Å². The molecular weight excluding hydrogens is 222 g/mol. The van der Waals surface area contributed by atoms with Gasteiger partial charge in [0, 0.05) is 19.5 Å². The van der Waals surface area contributed by atoms with Gasteiger partial charge in [0.2, 0.25) is 5.91 Å². The van der Waals surface area contributed by atoms with Crippen molar-refractivity contribution in [1.82, 2.24) is 4.90 Å². The highest BCUT2D eigenvalue weighted by Gasteiger charge is 2.39. The van der Waals surface area contributed by atoms with Crippen LogP contribution in [0.2, 0.25) is 0 Å². The van der Waals surface area contributed by atoms with Gasteiger partial charge in [-0.25, -0.2) is 0 Å². The fourth-order valence-corrected chi connectivity index (χ4v) is 4.15. The fourth-order valence-electron chi connectivity index (χ4n) is 4.15. The number of amides is 1. The third-order valence-corrected chi connectivity index (χ3v) is 5.36. The molecular formula is C16H29NO. The Bertz CT molecular complexity index is 275. The van der Waals surface area contributed by atoms with Gasteiger partial charge < -0.3 is 4.90 Å². The summed E-state index contributed by atoms with van der Waals surface area (Å²) in [5.41, 5.74) is 0.200. The van der Waals surface area contributed by atoms with Crippen LogP contribution < -0.4 is 0 Å². The molecule has 2 aliphatic carbocycles. The molecule has 0 radical (unpaired) electrons. The van der Waals surface area contributed by atoms with E-state index in [1.807, 2.05) is 7.05 Å². The average molecular weight is 251 g/mol. The van der Waals surface area contributed by atoms with Gasteiger partial charge in [0.05, 0.1) is 0 Å². The van der Waals surface area contributed by atoms with E-state index in [0.29, 0.717) is 0 Å². The first-order chi connectivity index (χ1) is 8.64. The molecule has 0 atom stereocenters. The van der Waals surface area contributed by atoms with Crippen molar-refractivity contribution >= 4 is 5.91 Å². The first kappa shape index (κ1) is 13.9.